The van der Waals surface area contributed by atoms with Crippen molar-refractivity contribution in [1.29, 1.82) is 0 Å². The molecule has 0 saturated carbocycles. The maximum atomic E-state index is 4.51. The molecule has 0 nitrogen and oxygen atoms in total. The fourth-order valence-electron chi connectivity index (χ4n) is 1.41. The van der Waals surface area contributed by atoms with Gasteiger partial charge in [0.15, 0.2) is 0 Å². The summed E-state index contributed by atoms with van der Waals surface area (Å²) < 4.78 is 0.147. The van der Waals surface area contributed by atoms with Crippen LogP contribution < -0.4 is 0 Å². The van der Waals surface area contributed by atoms with Gasteiger partial charge in [0, 0.05) is 22.0 Å². The lowest BCUT2D eigenvalue weighted by Crippen LogP contribution is -2.27. The van der Waals surface area contributed by atoms with Crippen LogP contribution in [0.15, 0.2) is 0 Å². The molecule has 0 aromatic heterocycles. The van der Waals surface area contributed by atoms with E-state index in [0.717, 1.165) is 23.0 Å². The molecule has 6 heteroatoms. The van der Waals surface area contributed by atoms with Crippen LogP contribution in [0.5, 0.6) is 0 Å². The van der Waals surface area contributed by atoms with E-state index < -0.39 is 0 Å². The first-order chi connectivity index (χ1) is 7.67. The first kappa shape index (κ1) is 18.1. The van der Waals surface area contributed by atoms with E-state index in [0.29, 0.717) is 10.5 Å². The van der Waals surface area contributed by atoms with Crippen molar-refractivity contribution in [2.75, 3.05) is 23.0 Å². The minimum Gasteiger partial charge on any atom is -0.179 e. The van der Waals surface area contributed by atoms with Gasteiger partial charge < -0.3 is 0 Å². The lowest BCUT2D eigenvalue weighted by atomic mass is 10.2. The second-order valence-corrected chi connectivity index (χ2v) is 8.44. The van der Waals surface area contributed by atoms with Crippen LogP contribution in [0.1, 0.15) is 19.8 Å². The molecular weight excluding hydrogens is 313 g/mol. The normalized spacial score (nSPS) is 15.4. The molecule has 0 aliphatic heterocycles. The van der Waals surface area contributed by atoms with Gasteiger partial charge in [-0.2, -0.15) is 74.0 Å². The van der Waals surface area contributed by atoms with E-state index in [4.69, 9.17) is 0 Å². The maximum Gasteiger partial charge on any atom is 0.0571 e. The molecule has 0 fully saturated rings. The van der Waals surface area contributed by atoms with E-state index in [2.05, 4.69) is 57.4 Å². The number of rotatable bonds is 10. The van der Waals surface area contributed by atoms with Crippen molar-refractivity contribution in [2.45, 2.75) is 34.8 Å². The Labute approximate surface area is 131 Å². The Morgan fingerprint density at radius 2 is 1.56 bits per heavy atom. The van der Waals surface area contributed by atoms with Crippen molar-refractivity contribution in [3.05, 3.63) is 0 Å². The molecule has 0 aliphatic carbocycles. The summed E-state index contributed by atoms with van der Waals surface area (Å²) in [6, 6.07) is 0. The molecule has 0 aromatic carbocycles. The molecule has 0 saturated heterocycles. The first-order valence-corrected chi connectivity index (χ1v) is 9.87. The lowest BCUT2D eigenvalue weighted by Gasteiger charge is -2.28. The van der Waals surface area contributed by atoms with Crippen molar-refractivity contribution in [3.63, 3.8) is 0 Å². The molecule has 0 heterocycles. The standard InChI is InChI=1S/C10H22S6/c1-2-3-8(15-6-4-11)9(10(13)14)16-7-5-12/h8-14H,2-7H2,1H3. The SMILES string of the molecule is CCCC(SCCS)C(SCCS)C(S)S. The van der Waals surface area contributed by atoms with Gasteiger partial charge in [0.25, 0.3) is 0 Å². The highest BCUT2D eigenvalue weighted by Crippen LogP contribution is 2.34. The third-order valence-electron chi connectivity index (χ3n) is 2.06. The Morgan fingerprint density at radius 3 is 2.00 bits per heavy atom. The molecule has 0 spiro atoms. The Balaban J connectivity index is 4.26. The van der Waals surface area contributed by atoms with Crippen LogP contribution in [0.4, 0.5) is 0 Å². The van der Waals surface area contributed by atoms with Crippen LogP contribution in [-0.4, -0.2) is 38.1 Å². The zero-order chi connectivity index (χ0) is 12.4. The van der Waals surface area contributed by atoms with Gasteiger partial charge in [-0.15, -0.1) is 0 Å². The number of hydrogen-bond donors (Lipinski definition) is 4. The fraction of sp³-hybridized carbons (Fsp3) is 1.00. The quantitative estimate of drug-likeness (QED) is 0.352. The Kier molecular flexibility index (Phi) is 13.7. The lowest BCUT2D eigenvalue weighted by molar-refractivity contribution is 0.727. The molecule has 2 atom stereocenters. The smallest absolute Gasteiger partial charge is 0.0571 e. The third-order valence-corrected chi connectivity index (χ3v) is 7.15. The summed E-state index contributed by atoms with van der Waals surface area (Å²) in [5.74, 6) is 4.05. The summed E-state index contributed by atoms with van der Waals surface area (Å²) in [4.78, 5) is 0. The Hall–Kier alpha value is 2.10. The second-order valence-electron chi connectivity index (χ2n) is 3.39. The predicted octanol–water partition coefficient (Wildman–Crippen LogP) is 4.04. The molecule has 0 bridgehead atoms. The summed E-state index contributed by atoms with van der Waals surface area (Å²) in [6.45, 7) is 2.24. The average Bonchev–Trinajstić information content (AvgIpc) is 2.25. The van der Waals surface area contributed by atoms with Crippen molar-refractivity contribution in [1.82, 2.24) is 0 Å². The van der Waals surface area contributed by atoms with Gasteiger partial charge in [-0.25, -0.2) is 0 Å². The average molecular weight is 335 g/mol. The van der Waals surface area contributed by atoms with Crippen LogP contribution in [0.3, 0.4) is 0 Å². The monoisotopic (exact) mass is 334 g/mol. The predicted molar refractivity (Wildman–Crippen MR) is 96.9 cm³/mol. The van der Waals surface area contributed by atoms with E-state index in [1.54, 1.807) is 0 Å². The van der Waals surface area contributed by atoms with Crippen molar-refractivity contribution in [3.8, 4) is 0 Å². The Morgan fingerprint density at radius 1 is 1.00 bits per heavy atom. The van der Waals surface area contributed by atoms with Crippen LogP contribution in [0.2, 0.25) is 0 Å². The van der Waals surface area contributed by atoms with Crippen molar-refractivity contribution < 1.29 is 0 Å². The van der Waals surface area contributed by atoms with Gasteiger partial charge in [-0.05, 0) is 17.9 Å². The fourth-order valence-corrected chi connectivity index (χ4v) is 5.73. The van der Waals surface area contributed by atoms with E-state index in [-0.39, 0.29) is 4.58 Å². The van der Waals surface area contributed by atoms with Crippen molar-refractivity contribution >= 4 is 74.0 Å². The minimum absolute atomic E-state index is 0.147. The van der Waals surface area contributed by atoms with Crippen molar-refractivity contribution in [2.24, 2.45) is 0 Å². The molecule has 0 radical (unpaired) electrons. The van der Waals surface area contributed by atoms with E-state index >= 15 is 0 Å². The van der Waals surface area contributed by atoms with Crippen LogP contribution >= 0.6 is 74.0 Å². The number of thioether (sulfide) groups is 2. The zero-order valence-corrected chi connectivity index (χ0v) is 14.8. The van der Waals surface area contributed by atoms with Gasteiger partial charge in [0.2, 0.25) is 0 Å². The van der Waals surface area contributed by atoms with Gasteiger partial charge in [0.1, 0.15) is 0 Å². The van der Waals surface area contributed by atoms with E-state index in [1.165, 1.54) is 12.8 Å². The molecule has 2 unspecified atom stereocenters. The molecule has 0 N–H and O–H groups in total. The summed E-state index contributed by atoms with van der Waals surface area (Å²) in [5.41, 5.74) is 0. The number of hydrogen-bond acceptors (Lipinski definition) is 6. The highest BCUT2D eigenvalue weighted by atomic mass is 32.2. The minimum atomic E-state index is 0.147. The van der Waals surface area contributed by atoms with Crippen LogP contribution in [0.25, 0.3) is 0 Å². The van der Waals surface area contributed by atoms with E-state index in [1.807, 2.05) is 23.5 Å². The molecule has 0 amide bonds. The van der Waals surface area contributed by atoms with Gasteiger partial charge in [-0.1, -0.05) is 13.3 Å². The van der Waals surface area contributed by atoms with Gasteiger partial charge >= 0.3 is 0 Å². The zero-order valence-electron chi connectivity index (χ0n) is 9.58. The van der Waals surface area contributed by atoms with Gasteiger partial charge in [-0.3, -0.25) is 0 Å². The highest BCUT2D eigenvalue weighted by molar-refractivity contribution is 8.07. The largest absolute Gasteiger partial charge is 0.179 e. The molecule has 0 aromatic rings. The Bertz CT molecular complexity index is 152. The summed E-state index contributed by atoms with van der Waals surface area (Å²) in [5, 5.41) is 1.14. The first-order valence-electron chi connectivity index (χ1n) is 5.48. The van der Waals surface area contributed by atoms with Gasteiger partial charge in [0.05, 0.1) is 4.58 Å². The molecule has 16 heavy (non-hydrogen) atoms. The van der Waals surface area contributed by atoms with Crippen LogP contribution in [-0.2, 0) is 0 Å². The van der Waals surface area contributed by atoms with Crippen LogP contribution in [0, 0.1) is 0 Å². The summed E-state index contributed by atoms with van der Waals surface area (Å²) >= 11 is 21.5. The summed E-state index contributed by atoms with van der Waals surface area (Å²) in [7, 11) is 0. The molecular formula is C10H22S6. The third kappa shape index (κ3) is 8.25. The summed E-state index contributed by atoms with van der Waals surface area (Å²) in [6.07, 6.45) is 2.46. The maximum absolute atomic E-state index is 4.51. The second kappa shape index (κ2) is 12.2. The topological polar surface area (TPSA) is 0 Å². The molecule has 0 aliphatic rings. The molecule has 98 valence electrons. The molecule has 0 rings (SSSR count). The highest BCUT2D eigenvalue weighted by Gasteiger charge is 2.25. The number of thiol groups is 4. The van der Waals surface area contributed by atoms with E-state index in [9.17, 15) is 0 Å².